The van der Waals surface area contributed by atoms with Crippen LogP contribution in [-0.4, -0.2) is 31.8 Å². The maximum Gasteiger partial charge on any atom is 0.252 e. The van der Waals surface area contributed by atoms with Crippen LogP contribution in [0.5, 0.6) is 5.75 Å². The molecule has 1 amide bonds. The van der Waals surface area contributed by atoms with Crippen LogP contribution in [-0.2, 0) is 9.53 Å². The van der Waals surface area contributed by atoms with E-state index in [4.69, 9.17) is 4.74 Å². The first-order chi connectivity index (χ1) is 6.65. The Morgan fingerprint density at radius 2 is 2.29 bits per heavy atom. The summed E-state index contributed by atoms with van der Waals surface area (Å²) < 4.78 is 4.72. The summed E-state index contributed by atoms with van der Waals surface area (Å²) in [6.45, 7) is 0.0339. The molecule has 0 aliphatic carbocycles. The van der Waals surface area contributed by atoms with E-state index in [1.54, 1.807) is 25.2 Å². The third kappa shape index (κ3) is 2.47. The van der Waals surface area contributed by atoms with Gasteiger partial charge in [0.25, 0.3) is 5.91 Å². The van der Waals surface area contributed by atoms with Gasteiger partial charge in [-0.05, 0) is 12.1 Å². The molecule has 0 spiro atoms. The Kier molecular flexibility index (Phi) is 3.48. The number of likely N-dealkylation sites (N-methyl/N-ethyl adjacent to an activating group) is 1. The number of hydrogen-bond acceptors (Lipinski definition) is 3. The van der Waals surface area contributed by atoms with Crippen molar-refractivity contribution in [3.8, 4) is 5.75 Å². The Morgan fingerprint density at radius 1 is 1.57 bits per heavy atom. The van der Waals surface area contributed by atoms with Gasteiger partial charge in [-0.2, -0.15) is 0 Å². The molecule has 0 saturated heterocycles. The fourth-order valence-corrected chi connectivity index (χ4v) is 1.07. The van der Waals surface area contributed by atoms with E-state index >= 15 is 0 Å². The van der Waals surface area contributed by atoms with Crippen molar-refractivity contribution in [1.29, 1.82) is 0 Å². The van der Waals surface area contributed by atoms with Crippen LogP contribution in [0.2, 0.25) is 0 Å². The van der Waals surface area contributed by atoms with Crippen LogP contribution in [0.4, 0.5) is 5.69 Å². The number of phenolic OH excluding ortho intramolecular Hbond substituents is 1. The number of ether oxygens (including phenoxy) is 1. The van der Waals surface area contributed by atoms with Crippen LogP contribution in [0.1, 0.15) is 0 Å². The molecule has 4 nitrogen and oxygen atoms in total. The molecule has 1 aromatic carbocycles. The molecule has 0 aliphatic rings. The predicted octanol–water partition coefficient (Wildman–Crippen LogP) is 1.00. The Balaban J connectivity index is 2.78. The molecule has 1 N–H and O–H groups in total. The highest BCUT2D eigenvalue weighted by atomic mass is 16.5. The summed E-state index contributed by atoms with van der Waals surface area (Å²) in [5.41, 5.74) is 0.645. The first kappa shape index (κ1) is 10.5. The van der Waals surface area contributed by atoms with Gasteiger partial charge in [0.2, 0.25) is 0 Å². The molecule has 4 heteroatoms. The molecule has 0 heterocycles. The molecule has 1 aromatic rings. The van der Waals surface area contributed by atoms with Crippen LogP contribution in [0.25, 0.3) is 0 Å². The smallest absolute Gasteiger partial charge is 0.252 e. The minimum Gasteiger partial charge on any atom is -0.508 e. The van der Waals surface area contributed by atoms with Crippen LogP contribution >= 0.6 is 0 Å². The first-order valence-corrected chi connectivity index (χ1v) is 4.19. The van der Waals surface area contributed by atoms with Crippen LogP contribution < -0.4 is 4.90 Å². The average Bonchev–Trinajstić information content (AvgIpc) is 2.17. The fourth-order valence-electron chi connectivity index (χ4n) is 1.07. The molecule has 0 unspecified atom stereocenters. The zero-order valence-electron chi connectivity index (χ0n) is 8.23. The number of aromatic hydroxyl groups is 1. The van der Waals surface area contributed by atoms with Crippen molar-refractivity contribution in [2.45, 2.75) is 0 Å². The number of hydrogen-bond donors (Lipinski definition) is 1. The fraction of sp³-hybridized carbons (Fsp3) is 0.300. The second-order valence-corrected chi connectivity index (χ2v) is 2.91. The monoisotopic (exact) mass is 195 g/mol. The number of nitrogens with zero attached hydrogens (tertiary/aromatic N) is 1. The number of amides is 1. The highest BCUT2D eigenvalue weighted by molar-refractivity contribution is 5.93. The summed E-state index contributed by atoms with van der Waals surface area (Å²) in [7, 11) is 3.10. The Bertz CT molecular complexity index is 325. The zero-order valence-corrected chi connectivity index (χ0v) is 8.23. The predicted molar refractivity (Wildman–Crippen MR) is 53.4 cm³/mol. The molecule has 0 aliphatic heterocycles. The van der Waals surface area contributed by atoms with Crippen molar-refractivity contribution in [3.63, 3.8) is 0 Å². The molecular weight excluding hydrogens is 182 g/mol. The van der Waals surface area contributed by atoms with E-state index in [-0.39, 0.29) is 18.3 Å². The minimum atomic E-state index is -0.155. The van der Waals surface area contributed by atoms with E-state index in [0.29, 0.717) is 5.69 Å². The SMILES string of the molecule is COCC(=O)N(C)c1cccc(O)c1. The van der Waals surface area contributed by atoms with Gasteiger partial charge in [0.05, 0.1) is 0 Å². The second kappa shape index (κ2) is 4.62. The highest BCUT2D eigenvalue weighted by Crippen LogP contribution is 2.18. The molecule has 0 radical (unpaired) electrons. The van der Waals surface area contributed by atoms with E-state index in [1.165, 1.54) is 18.1 Å². The highest BCUT2D eigenvalue weighted by Gasteiger charge is 2.10. The van der Waals surface area contributed by atoms with E-state index in [2.05, 4.69) is 0 Å². The molecule has 0 fully saturated rings. The van der Waals surface area contributed by atoms with Gasteiger partial charge in [-0.1, -0.05) is 6.07 Å². The molecular formula is C10H13NO3. The number of anilines is 1. The van der Waals surface area contributed by atoms with Gasteiger partial charge in [0.15, 0.2) is 0 Å². The summed E-state index contributed by atoms with van der Waals surface area (Å²) in [5.74, 6) is -0.0160. The average molecular weight is 195 g/mol. The second-order valence-electron chi connectivity index (χ2n) is 2.91. The summed E-state index contributed by atoms with van der Waals surface area (Å²) >= 11 is 0. The third-order valence-electron chi connectivity index (χ3n) is 1.86. The molecule has 0 aromatic heterocycles. The minimum absolute atomic E-state index is 0.0339. The van der Waals surface area contributed by atoms with Crippen molar-refractivity contribution >= 4 is 11.6 Å². The van der Waals surface area contributed by atoms with Gasteiger partial charge in [0.1, 0.15) is 12.4 Å². The standard InChI is InChI=1S/C10H13NO3/c1-11(10(13)7-14-2)8-4-3-5-9(12)6-8/h3-6,12H,7H2,1-2H3. The third-order valence-corrected chi connectivity index (χ3v) is 1.86. The molecule has 14 heavy (non-hydrogen) atoms. The summed E-state index contributed by atoms with van der Waals surface area (Å²) in [5, 5.41) is 9.20. The van der Waals surface area contributed by atoms with Crippen molar-refractivity contribution in [3.05, 3.63) is 24.3 Å². The van der Waals surface area contributed by atoms with E-state index in [1.807, 2.05) is 0 Å². The maximum atomic E-state index is 11.4. The van der Waals surface area contributed by atoms with E-state index < -0.39 is 0 Å². The number of benzene rings is 1. The van der Waals surface area contributed by atoms with Gasteiger partial charge in [-0.15, -0.1) is 0 Å². The molecule has 0 saturated carbocycles. The molecule has 0 atom stereocenters. The van der Waals surface area contributed by atoms with Crippen LogP contribution in [0.3, 0.4) is 0 Å². The largest absolute Gasteiger partial charge is 0.508 e. The lowest BCUT2D eigenvalue weighted by molar-refractivity contribution is -0.121. The lowest BCUT2D eigenvalue weighted by atomic mass is 10.3. The number of carbonyl (C=O) groups excluding carboxylic acids is 1. The molecule has 76 valence electrons. The van der Waals surface area contributed by atoms with Gasteiger partial charge in [-0.25, -0.2) is 0 Å². The molecule has 1 rings (SSSR count). The van der Waals surface area contributed by atoms with Crippen LogP contribution in [0.15, 0.2) is 24.3 Å². The number of methoxy groups -OCH3 is 1. The van der Waals surface area contributed by atoms with Crippen molar-refractivity contribution in [2.24, 2.45) is 0 Å². The van der Waals surface area contributed by atoms with E-state index in [0.717, 1.165) is 0 Å². The topological polar surface area (TPSA) is 49.8 Å². The van der Waals surface area contributed by atoms with E-state index in [9.17, 15) is 9.90 Å². The summed E-state index contributed by atoms with van der Waals surface area (Å²) in [6.07, 6.45) is 0. The lowest BCUT2D eigenvalue weighted by Gasteiger charge is -2.16. The number of phenols is 1. The number of carbonyl (C=O) groups is 1. The van der Waals surface area contributed by atoms with Gasteiger partial charge in [0, 0.05) is 25.9 Å². The Morgan fingerprint density at radius 3 is 2.86 bits per heavy atom. The number of rotatable bonds is 3. The van der Waals surface area contributed by atoms with Crippen molar-refractivity contribution < 1.29 is 14.6 Å². The maximum absolute atomic E-state index is 11.4. The van der Waals surface area contributed by atoms with Crippen molar-refractivity contribution in [1.82, 2.24) is 0 Å². The summed E-state index contributed by atoms with van der Waals surface area (Å²) in [4.78, 5) is 12.8. The molecule has 0 bridgehead atoms. The lowest BCUT2D eigenvalue weighted by Crippen LogP contribution is -2.29. The van der Waals surface area contributed by atoms with Gasteiger partial charge in [-0.3, -0.25) is 4.79 Å². The van der Waals surface area contributed by atoms with Gasteiger partial charge < -0.3 is 14.7 Å². The quantitative estimate of drug-likeness (QED) is 0.782. The van der Waals surface area contributed by atoms with Gasteiger partial charge >= 0.3 is 0 Å². The zero-order chi connectivity index (χ0) is 10.6. The Hall–Kier alpha value is -1.55. The summed E-state index contributed by atoms with van der Waals surface area (Å²) in [6, 6.07) is 6.50. The van der Waals surface area contributed by atoms with Crippen molar-refractivity contribution in [2.75, 3.05) is 25.7 Å². The normalized spacial score (nSPS) is 9.86. The Labute approximate surface area is 82.7 Å². The first-order valence-electron chi connectivity index (χ1n) is 4.19. The van der Waals surface area contributed by atoms with Crippen LogP contribution in [0, 0.1) is 0 Å².